The first-order chi connectivity index (χ1) is 14.6. The third-order valence-corrected chi connectivity index (χ3v) is 6.54. The molecule has 0 bridgehead atoms. The number of fused-ring (bicyclic) bond motifs is 1. The molecule has 0 spiro atoms. The van der Waals surface area contributed by atoms with Crippen molar-refractivity contribution in [3.8, 4) is 0 Å². The molecule has 3 heterocycles. The molecule has 2 saturated heterocycles. The zero-order valence-corrected chi connectivity index (χ0v) is 17.7. The van der Waals surface area contributed by atoms with Crippen molar-refractivity contribution in [1.29, 1.82) is 0 Å². The summed E-state index contributed by atoms with van der Waals surface area (Å²) in [6.07, 6.45) is 4.18. The fraction of sp³-hybridized carbons (Fsp3) is 0.208. The van der Waals surface area contributed by atoms with Gasteiger partial charge in [0.2, 0.25) is 11.8 Å². The molecule has 5 nitrogen and oxygen atoms in total. The van der Waals surface area contributed by atoms with Gasteiger partial charge in [0.25, 0.3) is 0 Å². The summed E-state index contributed by atoms with van der Waals surface area (Å²) in [6, 6.07) is 20.9. The molecule has 3 aromatic rings. The van der Waals surface area contributed by atoms with E-state index in [4.69, 9.17) is 0 Å². The first-order valence-electron chi connectivity index (χ1n) is 9.97. The van der Waals surface area contributed by atoms with Crippen molar-refractivity contribution in [3.63, 3.8) is 0 Å². The summed E-state index contributed by atoms with van der Waals surface area (Å²) in [4.78, 5) is 32.6. The Morgan fingerprint density at radius 1 is 0.900 bits per heavy atom. The first-order valence-corrected chi connectivity index (χ1v) is 10.8. The van der Waals surface area contributed by atoms with Crippen LogP contribution in [-0.4, -0.2) is 22.8 Å². The molecule has 30 heavy (non-hydrogen) atoms. The van der Waals surface area contributed by atoms with Crippen molar-refractivity contribution in [1.82, 2.24) is 10.3 Å². The number of hydrogen-bond acceptors (Lipinski definition) is 4. The highest BCUT2D eigenvalue weighted by molar-refractivity contribution is 9.10. The summed E-state index contributed by atoms with van der Waals surface area (Å²) in [5.41, 5.74) is 2.69. The zero-order chi connectivity index (χ0) is 20.7. The molecule has 6 heteroatoms. The Hall–Kier alpha value is -2.83. The van der Waals surface area contributed by atoms with Crippen LogP contribution in [0.15, 0.2) is 83.6 Å². The molecule has 5 rings (SSSR count). The van der Waals surface area contributed by atoms with E-state index in [1.165, 1.54) is 4.90 Å². The number of nitrogens with zero attached hydrogens (tertiary/aromatic N) is 2. The van der Waals surface area contributed by atoms with Gasteiger partial charge < -0.3 is 5.32 Å². The quantitative estimate of drug-likeness (QED) is 0.598. The number of benzene rings is 2. The maximum Gasteiger partial charge on any atom is 0.239 e. The van der Waals surface area contributed by atoms with Crippen LogP contribution < -0.4 is 10.2 Å². The molecular formula is C24H20BrN3O2. The number of aromatic nitrogens is 1. The summed E-state index contributed by atoms with van der Waals surface area (Å²) in [5, 5.41) is 3.58. The molecule has 0 radical (unpaired) electrons. The van der Waals surface area contributed by atoms with Crippen molar-refractivity contribution in [3.05, 3.63) is 94.7 Å². The minimum absolute atomic E-state index is 0.125. The van der Waals surface area contributed by atoms with Gasteiger partial charge in [-0.3, -0.25) is 14.6 Å². The normalized spacial score (nSPS) is 25.6. The van der Waals surface area contributed by atoms with E-state index in [-0.39, 0.29) is 23.9 Å². The number of hydrogen-bond donors (Lipinski definition) is 1. The SMILES string of the molecule is O=C1C2C(Cc3ccccc3)NC(c3cccnc3)C2C(=O)N1c1ccc(Br)cc1. The van der Waals surface area contributed by atoms with Gasteiger partial charge in [-0.2, -0.15) is 0 Å². The lowest BCUT2D eigenvalue weighted by molar-refractivity contribution is -0.123. The van der Waals surface area contributed by atoms with E-state index in [2.05, 4.69) is 38.4 Å². The average molecular weight is 462 g/mol. The van der Waals surface area contributed by atoms with Crippen LogP contribution in [0.1, 0.15) is 17.2 Å². The second-order valence-corrected chi connectivity index (χ2v) is 8.68. The molecule has 0 aliphatic carbocycles. The molecule has 4 unspecified atom stereocenters. The molecule has 2 aromatic carbocycles. The second-order valence-electron chi connectivity index (χ2n) is 7.77. The molecule has 1 aromatic heterocycles. The number of carbonyl (C=O) groups is 2. The van der Waals surface area contributed by atoms with E-state index >= 15 is 0 Å². The van der Waals surface area contributed by atoms with E-state index in [0.717, 1.165) is 15.6 Å². The molecule has 2 amide bonds. The number of carbonyl (C=O) groups excluding carboxylic acids is 2. The number of rotatable bonds is 4. The lowest BCUT2D eigenvalue weighted by atomic mass is 9.85. The second kappa shape index (κ2) is 7.78. The van der Waals surface area contributed by atoms with E-state index < -0.39 is 11.8 Å². The molecule has 150 valence electrons. The van der Waals surface area contributed by atoms with Crippen LogP contribution in [0.2, 0.25) is 0 Å². The van der Waals surface area contributed by atoms with Gasteiger partial charge in [-0.1, -0.05) is 52.3 Å². The van der Waals surface area contributed by atoms with Crippen LogP contribution in [0.3, 0.4) is 0 Å². The van der Waals surface area contributed by atoms with E-state index in [1.54, 1.807) is 24.5 Å². The Bertz CT molecular complexity index is 1070. The van der Waals surface area contributed by atoms with Crippen molar-refractivity contribution in [2.24, 2.45) is 11.8 Å². The first kappa shape index (κ1) is 19.2. The fourth-order valence-corrected chi connectivity index (χ4v) is 4.95. The van der Waals surface area contributed by atoms with Gasteiger partial charge >= 0.3 is 0 Å². The van der Waals surface area contributed by atoms with E-state index in [9.17, 15) is 9.59 Å². The predicted octanol–water partition coefficient (Wildman–Crippen LogP) is 3.91. The van der Waals surface area contributed by atoms with Gasteiger partial charge in [-0.25, -0.2) is 4.90 Å². The Balaban J connectivity index is 1.53. The minimum Gasteiger partial charge on any atom is -0.305 e. The Morgan fingerprint density at radius 2 is 1.63 bits per heavy atom. The molecule has 4 atom stereocenters. The fourth-order valence-electron chi connectivity index (χ4n) is 4.69. The summed E-state index contributed by atoms with van der Waals surface area (Å²) < 4.78 is 0.905. The maximum atomic E-state index is 13.5. The third-order valence-electron chi connectivity index (χ3n) is 6.01. The number of amides is 2. The average Bonchev–Trinajstić information content (AvgIpc) is 3.27. The molecule has 2 fully saturated rings. The summed E-state index contributed by atoms with van der Waals surface area (Å²) in [7, 11) is 0. The lowest BCUT2D eigenvalue weighted by Crippen LogP contribution is -2.40. The van der Waals surface area contributed by atoms with Crippen molar-refractivity contribution in [2.45, 2.75) is 18.5 Å². The van der Waals surface area contributed by atoms with Crippen LogP contribution in [0.4, 0.5) is 5.69 Å². The highest BCUT2D eigenvalue weighted by atomic mass is 79.9. The van der Waals surface area contributed by atoms with Crippen LogP contribution in [-0.2, 0) is 16.0 Å². The van der Waals surface area contributed by atoms with Crippen molar-refractivity contribution >= 4 is 33.4 Å². The Morgan fingerprint density at radius 3 is 2.33 bits per heavy atom. The highest BCUT2D eigenvalue weighted by Crippen LogP contribution is 2.45. The molecule has 0 saturated carbocycles. The van der Waals surface area contributed by atoms with Gasteiger partial charge in [0.15, 0.2) is 0 Å². The van der Waals surface area contributed by atoms with Crippen LogP contribution in [0.5, 0.6) is 0 Å². The topological polar surface area (TPSA) is 62.3 Å². The van der Waals surface area contributed by atoms with Crippen LogP contribution >= 0.6 is 15.9 Å². The smallest absolute Gasteiger partial charge is 0.239 e. The Labute approximate surface area is 183 Å². The van der Waals surface area contributed by atoms with Crippen molar-refractivity contribution < 1.29 is 9.59 Å². The molecular weight excluding hydrogens is 442 g/mol. The van der Waals surface area contributed by atoms with Crippen LogP contribution in [0, 0.1) is 11.8 Å². The van der Waals surface area contributed by atoms with Gasteiger partial charge in [-0.05, 0) is 47.9 Å². The number of nitrogens with one attached hydrogen (secondary N) is 1. The number of halogens is 1. The zero-order valence-electron chi connectivity index (χ0n) is 16.1. The van der Waals surface area contributed by atoms with Crippen LogP contribution in [0.25, 0.3) is 0 Å². The lowest BCUT2D eigenvalue weighted by Gasteiger charge is -2.22. The Kier molecular flexibility index (Phi) is 4.97. The van der Waals surface area contributed by atoms with Gasteiger partial charge in [0, 0.05) is 29.0 Å². The van der Waals surface area contributed by atoms with Gasteiger partial charge in [0.1, 0.15) is 0 Å². The summed E-state index contributed by atoms with van der Waals surface area (Å²) in [5.74, 6) is -1.14. The molecule has 1 N–H and O–H groups in total. The summed E-state index contributed by atoms with van der Waals surface area (Å²) in [6.45, 7) is 0. The largest absolute Gasteiger partial charge is 0.305 e. The van der Waals surface area contributed by atoms with Gasteiger partial charge in [-0.15, -0.1) is 0 Å². The number of imide groups is 1. The highest BCUT2D eigenvalue weighted by Gasteiger charge is 2.59. The van der Waals surface area contributed by atoms with E-state index in [1.807, 2.05) is 42.5 Å². The molecule has 2 aliphatic rings. The molecule has 2 aliphatic heterocycles. The standard InChI is InChI=1S/C24H20BrN3O2/c25-17-8-10-18(11-9-17)28-23(29)20-19(13-15-5-2-1-3-6-15)27-22(21(20)24(28)30)16-7-4-12-26-14-16/h1-12,14,19-22,27H,13H2. The number of anilines is 1. The van der Waals surface area contributed by atoms with Crippen molar-refractivity contribution in [2.75, 3.05) is 4.90 Å². The monoisotopic (exact) mass is 461 g/mol. The minimum atomic E-state index is -0.445. The van der Waals surface area contributed by atoms with Gasteiger partial charge in [0.05, 0.1) is 17.5 Å². The van der Waals surface area contributed by atoms with E-state index in [0.29, 0.717) is 12.1 Å². The third kappa shape index (κ3) is 3.26. The predicted molar refractivity (Wildman–Crippen MR) is 118 cm³/mol. The number of pyridine rings is 1. The summed E-state index contributed by atoms with van der Waals surface area (Å²) >= 11 is 3.41. The maximum absolute atomic E-state index is 13.5.